The molecular weight excluding hydrogens is 795 g/mol. The minimum atomic E-state index is 0.341. The lowest BCUT2D eigenvalue weighted by Gasteiger charge is -2.32. The van der Waals surface area contributed by atoms with Gasteiger partial charge >= 0.3 is 0 Å². The van der Waals surface area contributed by atoms with Gasteiger partial charge in [0, 0.05) is 15.5 Å². The Kier molecular flexibility index (Phi) is 11.1. The summed E-state index contributed by atoms with van der Waals surface area (Å²) >= 11 is 1.80. The molecule has 0 fully saturated rings. The van der Waals surface area contributed by atoms with E-state index in [0.29, 0.717) is 22.3 Å². The van der Waals surface area contributed by atoms with Crippen LogP contribution in [-0.2, 0) is 0 Å². The van der Waals surface area contributed by atoms with Crippen LogP contribution < -0.4 is 4.90 Å². The smallest absolute Gasteiger partial charge is 0.101 e. The first kappa shape index (κ1) is 39.7. The third kappa shape index (κ3) is 7.83. The van der Waals surface area contributed by atoms with Crippen LogP contribution >= 0.6 is 11.8 Å². The summed E-state index contributed by atoms with van der Waals surface area (Å²) in [6.07, 6.45) is 0. The first-order valence-electron chi connectivity index (χ1n) is 21.2. The molecule has 64 heavy (non-hydrogen) atoms. The van der Waals surface area contributed by atoms with Gasteiger partial charge < -0.3 is 4.90 Å². The summed E-state index contributed by atoms with van der Waals surface area (Å²) in [5.41, 5.74) is 16.5. The van der Waals surface area contributed by atoms with E-state index in [-0.39, 0.29) is 0 Å². The number of hydrogen-bond donors (Lipinski definition) is 0. The van der Waals surface area contributed by atoms with Gasteiger partial charge in [0.2, 0.25) is 0 Å². The van der Waals surface area contributed by atoms with E-state index in [1.165, 1.54) is 26.7 Å². The molecule has 1 aliphatic heterocycles. The van der Waals surface area contributed by atoms with Crippen LogP contribution in [-0.4, -0.2) is 0 Å². The zero-order valence-electron chi connectivity index (χ0n) is 34.8. The molecule has 10 rings (SSSR count). The van der Waals surface area contributed by atoms with Gasteiger partial charge in [-0.15, -0.1) is 0 Å². The van der Waals surface area contributed by atoms with Crippen molar-refractivity contribution in [3.8, 4) is 34.4 Å². The lowest BCUT2D eigenvalue weighted by Crippen LogP contribution is -2.14. The summed E-state index contributed by atoms with van der Waals surface area (Å²) in [6.45, 7) is 0. The summed E-state index contributed by atoms with van der Waals surface area (Å²) < 4.78 is 0. The molecule has 1 heterocycles. The fourth-order valence-corrected chi connectivity index (χ4v) is 9.59. The maximum absolute atomic E-state index is 10.4. The third-order valence-corrected chi connectivity index (χ3v) is 12.8. The van der Waals surface area contributed by atoms with Crippen molar-refractivity contribution < 1.29 is 0 Å². The zero-order valence-corrected chi connectivity index (χ0v) is 35.6. The molecule has 0 unspecified atom stereocenters. The molecule has 0 radical (unpaired) electrons. The molecule has 9 aromatic rings. The molecule has 9 aromatic carbocycles. The number of nitrogens with zero attached hydrogens (tertiary/aromatic N) is 3. The van der Waals surface area contributed by atoms with Crippen molar-refractivity contribution in [2.45, 2.75) is 9.79 Å². The second-order valence-electron chi connectivity index (χ2n) is 15.5. The predicted molar refractivity (Wildman–Crippen MR) is 265 cm³/mol. The maximum Gasteiger partial charge on any atom is 0.101 e. The Morgan fingerprint density at radius 2 is 0.609 bits per heavy atom. The molecule has 0 spiro atoms. The third-order valence-electron chi connectivity index (χ3n) is 11.7. The molecule has 0 bridgehead atoms. The topological polar surface area (TPSA) is 50.8 Å². The number of anilines is 3. The minimum absolute atomic E-state index is 0.341. The molecule has 0 atom stereocenters. The molecule has 4 heteroatoms. The summed E-state index contributed by atoms with van der Waals surface area (Å²) in [7, 11) is 0. The lowest BCUT2D eigenvalue weighted by atomic mass is 9.85. The Hall–Kier alpha value is -8.41. The summed E-state index contributed by atoms with van der Waals surface area (Å²) in [4.78, 5) is 4.77. The first-order chi connectivity index (χ1) is 31.7. The first-order valence-corrected chi connectivity index (χ1v) is 22.0. The van der Waals surface area contributed by atoms with E-state index in [9.17, 15) is 10.5 Å². The Morgan fingerprint density at radius 1 is 0.312 bits per heavy atom. The molecule has 0 aliphatic carbocycles. The highest BCUT2D eigenvalue weighted by atomic mass is 32.2. The highest BCUT2D eigenvalue weighted by molar-refractivity contribution is 7.99. The van der Waals surface area contributed by atoms with Crippen molar-refractivity contribution >= 4 is 51.1 Å². The summed E-state index contributed by atoms with van der Waals surface area (Å²) in [5, 5.41) is 20.9. The molecule has 0 saturated heterocycles. The minimum Gasteiger partial charge on any atom is -0.308 e. The predicted octanol–water partition coefficient (Wildman–Crippen LogP) is 15.9. The van der Waals surface area contributed by atoms with Crippen LogP contribution in [0, 0.1) is 22.7 Å². The molecule has 0 saturated carbocycles. The van der Waals surface area contributed by atoms with Crippen molar-refractivity contribution in [1.29, 1.82) is 10.5 Å². The molecular formula is C60H39N3S. The van der Waals surface area contributed by atoms with Crippen LogP contribution in [0.5, 0.6) is 0 Å². The Balaban J connectivity index is 0.914. The van der Waals surface area contributed by atoms with E-state index in [1.807, 2.05) is 48.5 Å². The Labute approximate surface area is 378 Å². The molecule has 300 valence electrons. The highest BCUT2D eigenvalue weighted by Gasteiger charge is 2.24. The monoisotopic (exact) mass is 833 g/mol. The van der Waals surface area contributed by atoms with Gasteiger partial charge in [0.1, 0.15) is 12.1 Å². The summed E-state index contributed by atoms with van der Waals surface area (Å²) in [5.74, 6) is 0. The van der Waals surface area contributed by atoms with E-state index >= 15 is 0 Å². The standard InChI is InChI=1S/C60H39N3S/c61-40-53(54(41-62)47-32-26-43(27-33-47)45-36-38-52(39-37-45)63-55-20-10-12-22-57(55)64-58-23-13-11-21-56(58)63)46-30-24-42(25-31-46)44-28-34-51(35-29-44)60(50-18-8-3-9-19-50)59(48-14-4-1-5-15-48)49-16-6-2-7-17-49/h1-39H/b54-53+. The number of rotatable bonds is 9. The Bertz CT molecular complexity index is 3160. The fraction of sp³-hybridized carbons (Fsp3) is 0. The van der Waals surface area contributed by atoms with E-state index < -0.39 is 0 Å². The van der Waals surface area contributed by atoms with Crippen molar-refractivity contribution in [3.05, 3.63) is 270 Å². The van der Waals surface area contributed by atoms with E-state index in [1.54, 1.807) is 11.8 Å². The van der Waals surface area contributed by atoms with E-state index in [0.717, 1.165) is 55.8 Å². The van der Waals surface area contributed by atoms with Crippen LogP contribution in [0.25, 0.3) is 44.5 Å². The van der Waals surface area contributed by atoms with Crippen LogP contribution in [0.4, 0.5) is 17.1 Å². The normalized spacial score (nSPS) is 11.9. The van der Waals surface area contributed by atoms with Crippen molar-refractivity contribution in [2.75, 3.05) is 4.90 Å². The van der Waals surface area contributed by atoms with Gasteiger partial charge in [0.05, 0.1) is 22.5 Å². The van der Waals surface area contributed by atoms with Gasteiger partial charge in [-0.25, -0.2) is 0 Å². The van der Waals surface area contributed by atoms with Crippen LogP contribution in [0.15, 0.2) is 246 Å². The maximum atomic E-state index is 10.4. The lowest BCUT2D eigenvalue weighted by molar-refractivity contribution is 1.17. The van der Waals surface area contributed by atoms with Gasteiger partial charge in [0.15, 0.2) is 0 Å². The number of hydrogen-bond acceptors (Lipinski definition) is 4. The Morgan fingerprint density at radius 3 is 0.969 bits per heavy atom. The van der Waals surface area contributed by atoms with E-state index in [4.69, 9.17) is 0 Å². The second kappa shape index (κ2) is 17.9. The van der Waals surface area contributed by atoms with Crippen LogP contribution in [0.2, 0.25) is 0 Å². The zero-order chi connectivity index (χ0) is 43.2. The van der Waals surface area contributed by atoms with Crippen LogP contribution in [0.3, 0.4) is 0 Å². The number of para-hydroxylation sites is 2. The highest BCUT2D eigenvalue weighted by Crippen LogP contribution is 2.51. The van der Waals surface area contributed by atoms with E-state index in [2.05, 4.69) is 205 Å². The second-order valence-corrected chi connectivity index (χ2v) is 16.6. The van der Waals surface area contributed by atoms with Crippen molar-refractivity contribution in [3.63, 3.8) is 0 Å². The number of fused-ring (bicyclic) bond motifs is 2. The SMILES string of the molecule is N#C/C(=C(/C#N)c1ccc(-c2ccc(N3c4ccccc4Sc4ccccc43)cc2)cc1)c1ccc(-c2ccc(C(=C(c3ccccc3)c3ccccc3)c3ccccc3)cc2)cc1. The van der Waals surface area contributed by atoms with Gasteiger partial charge in [-0.05, 0) is 103 Å². The molecule has 3 nitrogen and oxygen atoms in total. The van der Waals surface area contributed by atoms with Gasteiger partial charge in [-0.3, -0.25) is 0 Å². The van der Waals surface area contributed by atoms with Crippen molar-refractivity contribution in [1.82, 2.24) is 0 Å². The quantitative estimate of drug-likeness (QED) is 0.107. The number of benzene rings is 9. The number of allylic oxidation sites excluding steroid dienone is 2. The van der Waals surface area contributed by atoms with Gasteiger partial charge in [-0.1, -0.05) is 212 Å². The summed E-state index contributed by atoms with van der Waals surface area (Å²) in [6, 6.07) is 86.5. The largest absolute Gasteiger partial charge is 0.308 e. The van der Waals surface area contributed by atoms with Crippen molar-refractivity contribution in [2.24, 2.45) is 0 Å². The molecule has 0 aromatic heterocycles. The fourth-order valence-electron chi connectivity index (χ4n) is 8.53. The van der Waals surface area contributed by atoms with Gasteiger partial charge in [-0.2, -0.15) is 10.5 Å². The average molecular weight is 834 g/mol. The number of nitriles is 2. The average Bonchev–Trinajstić information content (AvgIpc) is 3.37. The molecule has 0 amide bonds. The van der Waals surface area contributed by atoms with Crippen LogP contribution in [0.1, 0.15) is 33.4 Å². The molecule has 0 N–H and O–H groups in total. The van der Waals surface area contributed by atoms with Gasteiger partial charge in [0.25, 0.3) is 0 Å². The molecule has 1 aliphatic rings.